The molecule has 1 aliphatic carbocycles. The Bertz CT molecular complexity index is 942. The van der Waals surface area contributed by atoms with Crippen LogP contribution in [0.5, 0.6) is 5.75 Å². The summed E-state index contributed by atoms with van der Waals surface area (Å²) in [6.07, 6.45) is 4.51. The second-order valence-corrected chi connectivity index (χ2v) is 7.77. The van der Waals surface area contributed by atoms with Gasteiger partial charge < -0.3 is 20.3 Å². The normalized spacial score (nSPS) is 14.7. The predicted octanol–water partition coefficient (Wildman–Crippen LogP) is 4.04. The summed E-state index contributed by atoms with van der Waals surface area (Å²) >= 11 is 0. The van der Waals surface area contributed by atoms with E-state index in [4.69, 9.17) is 4.74 Å². The van der Waals surface area contributed by atoms with Crippen molar-refractivity contribution < 1.29 is 14.3 Å². The summed E-state index contributed by atoms with van der Waals surface area (Å²) < 4.78 is 5.11. The van der Waals surface area contributed by atoms with Crippen LogP contribution < -0.4 is 15.4 Å². The van der Waals surface area contributed by atoms with Crippen LogP contribution in [-0.4, -0.2) is 43.0 Å². The van der Waals surface area contributed by atoms with Gasteiger partial charge in [-0.15, -0.1) is 0 Å². The van der Waals surface area contributed by atoms with E-state index >= 15 is 0 Å². The zero-order valence-electron chi connectivity index (χ0n) is 18.0. The zero-order chi connectivity index (χ0) is 22.3. The number of benzene rings is 2. The Hall–Kier alpha value is -3.53. The molecule has 31 heavy (non-hydrogen) atoms. The lowest BCUT2D eigenvalue weighted by Crippen LogP contribution is -2.51. The van der Waals surface area contributed by atoms with Crippen molar-refractivity contribution in [1.82, 2.24) is 4.90 Å². The van der Waals surface area contributed by atoms with Crippen molar-refractivity contribution in [2.75, 3.05) is 31.3 Å². The van der Waals surface area contributed by atoms with E-state index in [9.17, 15) is 14.9 Å². The smallest absolute Gasteiger partial charge is 0.255 e. The summed E-state index contributed by atoms with van der Waals surface area (Å²) in [5.41, 5.74) is 1.23. The molecule has 0 aliphatic heterocycles. The van der Waals surface area contributed by atoms with Crippen LogP contribution in [0.25, 0.3) is 0 Å². The number of carbonyl (C=O) groups is 2. The van der Waals surface area contributed by atoms with E-state index in [1.807, 2.05) is 0 Å². The molecule has 0 unspecified atom stereocenters. The van der Waals surface area contributed by atoms with Gasteiger partial charge >= 0.3 is 0 Å². The summed E-state index contributed by atoms with van der Waals surface area (Å²) in [5, 5.41) is 15.6. The summed E-state index contributed by atoms with van der Waals surface area (Å²) in [5.74, 6) is 0.378. The van der Waals surface area contributed by atoms with E-state index in [2.05, 4.69) is 16.7 Å². The Labute approximate surface area is 183 Å². The topological polar surface area (TPSA) is 94.5 Å². The molecule has 7 nitrogen and oxygen atoms in total. The molecule has 0 bridgehead atoms. The third kappa shape index (κ3) is 5.34. The molecule has 2 N–H and O–H groups in total. The molecular formula is C24H28N4O3. The summed E-state index contributed by atoms with van der Waals surface area (Å²) in [4.78, 5) is 26.7. The van der Waals surface area contributed by atoms with Crippen LogP contribution in [0, 0.1) is 11.3 Å². The molecule has 0 atom stereocenters. The molecule has 1 fully saturated rings. The molecule has 2 amide bonds. The lowest BCUT2D eigenvalue weighted by molar-refractivity contribution is -0.132. The zero-order valence-corrected chi connectivity index (χ0v) is 18.0. The minimum Gasteiger partial charge on any atom is -0.497 e. The molecule has 3 rings (SSSR count). The lowest BCUT2D eigenvalue weighted by atomic mass is 9.81. The van der Waals surface area contributed by atoms with Crippen LogP contribution >= 0.6 is 0 Å². The first kappa shape index (κ1) is 22.2. The molecule has 0 heterocycles. The average molecular weight is 421 g/mol. The van der Waals surface area contributed by atoms with Crippen LogP contribution in [-0.2, 0) is 4.79 Å². The van der Waals surface area contributed by atoms with Crippen molar-refractivity contribution in [1.29, 1.82) is 5.26 Å². The number of nitriles is 1. The maximum absolute atomic E-state index is 12.6. The minimum absolute atomic E-state index is 0.0946. The van der Waals surface area contributed by atoms with Crippen molar-refractivity contribution >= 4 is 23.2 Å². The number of hydrogen-bond acceptors (Lipinski definition) is 5. The van der Waals surface area contributed by atoms with Crippen molar-refractivity contribution in [3.63, 3.8) is 0 Å². The molecular weight excluding hydrogens is 392 g/mol. The number of anilines is 2. The molecule has 0 aromatic heterocycles. The van der Waals surface area contributed by atoms with E-state index in [1.165, 1.54) is 0 Å². The second-order valence-electron chi connectivity index (χ2n) is 7.77. The van der Waals surface area contributed by atoms with Gasteiger partial charge in [-0.25, -0.2) is 0 Å². The van der Waals surface area contributed by atoms with Gasteiger partial charge in [0, 0.05) is 24.0 Å². The number of nitrogens with one attached hydrogen (secondary N) is 2. The van der Waals surface area contributed by atoms with Crippen molar-refractivity contribution in [2.45, 2.75) is 37.6 Å². The maximum Gasteiger partial charge on any atom is 0.255 e. The third-order valence-corrected chi connectivity index (χ3v) is 5.84. The Morgan fingerprint density at radius 2 is 1.65 bits per heavy atom. The molecule has 1 saturated carbocycles. The number of amides is 2. The van der Waals surface area contributed by atoms with Gasteiger partial charge in [-0.2, -0.15) is 5.26 Å². The van der Waals surface area contributed by atoms with Gasteiger partial charge in [0.15, 0.2) is 0 Å². The number of carbonyl (C=O) groups excluding carboxylic acids is 2. The number of ether oxygens (including phenoxy) is 1. The van der Waals surface area contributed by atoms with E-state index in [-0.39, 0.29) is 18.4 Å². The molecule has 2 aromatic carbocycles. The van der Waals surface area contributed by atoms with Gasteiger partial charge in [0.05, 0.1) is 19.7 Å². The number of nitrogens with zero attached hydrogens (tertiary/aromatic N) is 2. The molecule has 0 radical (unpaired) electrons. The van der Waals surface area contributed by atoms with Crippen LogP contribution in [0.3, 0.4) is 0 Å². The molecule has 1 aliphatic rings. The van der Waals surface area contributed by atoms with Gasteiger partial charge in [-0.3, -0.25) is 9.59 Å². The molecule has 0 spiro atoms. The molecule has 7 heteroatoms. The van der Waals surface area contributed by atoms with Crippen molar-refractivity contribution in [2.24, 2.45) is 0 Å². The Morgan fingerprint density at radius 1 is 1.03 bits per heavy atom. The largest absolute Gasteiger partial charge is 0.497 e. The van der Waals surface area contributed by atoms with Crippen molar-refractivity contribution in [3.8, 4) is 11.8 Å². The highest BCUT2D eigenvalue weighted by Gasteiger charge is 2.38. The van der Waals surface area contributed by atoms with E-state index in [0.717, 1.165) is 43.5 Å². The molecule has 162 valence electrons. The molecule has 0 saturated heterocycles. The highest BCUT2D eigenvalue weighted by Crippen LogP contribution is 2.32. The first-order valence-corrected chi connectivity index (χ1v) is 10.4. The summed E-state index contributed by atoms with van der Waals surface area (Å²) in [7, 11) is 3.30. The minimum atomic E-state index is -0.694. The van der Waals surface area contributed by atoms with E-state index < -0.39 is 5.54 Å². The van der Waals surface area contributed by atoms with Gasteiger partial charge in [0.2, 0.25) is 5.91 Å². The highest BCUT2D eigenvalue weighted by molar-refractivity contribution is 6.04. The van der Waals surface area contributed by atoms with Gasteiger partial charge in [0.1, 0.15) is 11.3 Å². The molecule has 2 aromatic rings. The second kappa shape index (κ2) is 9.98. The van der Waals surface area contributed by atoms with Crippen LogP contribution in [0.4, 0.5) is 11.4 Å². The quantitative estimate of drug-likeness (QED) is 0.705. The van der Waals surface area contributed by atoms with Gasteiger partial charge in [0.25, 0.3) is 5.91 Å². The Kier molecular flexibility index (Phi) is 7.14. The number of likely N-dealkylation sites (N-methyl/N-ethyl adjacent to an activating group) is 1. The first-order valence-electron chi connectivity index (χ1n) is 10.4. The monoisotopic (exact) mass is 420 g/mol. The predicted molar refractivity (Wildman–Crippen MR) is 120 cm³/mol. The van der Waals surface area contributed by atoms with Crippen molar-refractivity contribution in [3.05, 3.63) is 54.1 Å². The standard InChI is InChI=1S/C24H28N4O3/c1-28(24(17-25)14-4-3-5-15-24)22(29)16-26-19-8-6-18(7-9-19)23(30)27-20-10-12-21(31-2)13-11-20/h6-13,26H,3-5,14-16H2,1-2H3,(H,27,30). The van der Waals surface area contributed by atoms with E-state index in [0.29, 0.717) is 11.3 Å². The average Bonchev–Trinajstić information content (AvgIpc) is 2.83. The van der Waals surface area contributed by atoms with E-state index in [1.54, 1.807) is 67.6 Å². The van der Waals surface area contributed by atoms with Crippen LogP contribution in [0.2, 0.25) is 0 Å². The Balaban J connectivity index is 1.54. The fourth-order valence-corrected chi connectivity index (χ4v) is 3.81. The summed E-state index contributed by atoms with van der Waals surface area (Å²) in [6, 6.07) is 16.4. The number of methoxy groups -OCH3 is 1. The van der Waals surface area contributed by atoms with Crippen LogP contribution in [0.1, 0.15) is 42.5 Å². The summed E-state index contributed by atoms with van der Waals surface area (Å²) in [6.45, 7) is 0.0946. The maximum atomic E-state index is 12.6. The first-order chi connectivity index (χ1) is 15.0. The van der Waals surface area contributed by atoms with Gasteiger partial charge in [-0.05, 0) is 61.4 Å². The lowest BCUT2D eigenvalue weighted by Gasteiger charge is -2.39. The third-order valence-electron chi connectivity index (χ3n) is 5.84. The SMILES string of the molecule is COc1ccc(NC(=O)c2ccc(NCC(=O)N(C)C3(C#N)CCCCC3)cc2)cc1. The highest BCUT2D eigenvalue weighted by atomic mass is 16.5. The van der Waals surface area contributed by atoms with Crippen LogP contribution in [0.15, 0.2) is 48.5 Å². The fraction of sp³-hybridized carbons (Fsp3) is 0.375. The number of rotatable bonds is 7. The fourth-order valence-electron chi connectivity index (χ4n) is 3.81. The van der Waals surface area contributed by atoms with Gasteiger partial charge in [-0.1, -0.05) is 19.3 Å². The number of hydrogen-bond donors (Lipinski definition) is 2. The Morgan fingerprint density at radius 3 is 2.23 bits per heavy atom.